The second-order valence-electron chi connectivity index (χ2n) is 2.90. The van der Waals surface area contributed by atoms with Gasteiger partial charge in [0.1, 0.15) is 0 Å². The van der Waals surface area contributed by atoms with Crippen LogP contribution in [0.25, 0.3) is 0 Å². The molecule has 0 aromatic heterocycles. The van der Waals surface area contributed by atoms with Crippen LogP contribution in [-0.4, -0.2) is 52.3 Å². The molecule has 0 saturated heterocycles. The summed E-state index contributed by atoms with van der Waals surface area (Å²) < 4.78 is 11.0. The van der Waals surface area contributed by atoms with Crippen LogP contribution in [0.5, 0.6) is 0 Å². The topological polar surface area (TPSA) is 95.3 Å². The molecule has 0 unspecified atom stereocenters. The fourth-order valence-corrected chi connectivity index (χ4v) is 5.59. The van der Waals surface area contributed by atoms with Gasteiger partial charge in [-0.05, 0) is 0 Å². The van der Waals surface area contributed by atoms with E-state index in [0.29, 0.717) is 13.3 Å². The average molecular weight is 343 g/mol. The Kier molecular flexibility index (Phi) is 7.86. The number of ether oxygens (including phenoxy) is 2. The molecule has 0 bridgehead atoms. The Bertz CT molecular complexity index is 228. The van der Waals surface area contributed by atoms with Gasteiger partial charge in [-0.1, -0.05) is 0 Å². The molecule has 0 fully saturated rings. The predicted molar refractivity (Wildman–Crippen MR) is 72.2 cm³/mol. The summed E-state index contributed by atoms with van der Waals surface area (Å²) in [5, 5.41) is 17.4. The number of halogens is 1. The summed E-state index contributed by atoms with van der Waals surface area (Å²) in [5.74, 6) is 0.314. The average Bonchev–Trinajstić information content (AvgIpc) is 2.28. The second-order valence-corrected chi connectivity index (χ2v) is 8.42. The number of rotatable bonds is 6. The van der Waals surface area contributed by atoms with Crippen LogP contribution in [0.1, 0.15) is 0 Å². The molecule has 0 atom stereocenters. The van der Waals surface area contributed by atoms with E-state index in [0.717, 1.165) is 0 Å². The Labute approximate surface area is 102 Å². The zero-order chi connectivity index (χ0) is 12.6. The van der Waals surface area contributed by atoms with E-state index in [1.807, 2.05) is 0 Å². The quantitative estimate of drug-likeness (QED) is 0.283. The molecule has 7 heteroatoms. The molecule has 0 saturated carbocycles. The Morgan fingerprint density at radius 3 is 1.88 bits per heavy atom. The van der Waals surface area contributed by atoms with Gasteiger partial charge in [0.25, 0.3) is 0 Å². The van der Waals surface area contributed by atoms with Crippen molar-refractivity contribution in [3.05, 3.63) is 0 Å². The summed E-state index contributed by atoms with van der Waals surface area (Å²) in [5.41, 5.74) is 0. The Morgan fingerprint density at radius 2 is 1.56 bits per heavy atom. The molecule has 0 aliphatic carbocycles. The van der Waals surface area contributed by atoms with Crippen molar-refractivity contribution in [3.8, 4) is 0 Å². The van der Waals surface area contributed by atoms with Crippen molar-refractivity contribution < 1.29 is 14.3 Å². The van der Waals surface area contributed by atoms with Gasteiger partial charge in [0.05, 0.1) is 0 Å². The molecule has 0 heterocycles. The van der Waals surface area contributed by atoms with Crippen molar-refractivity contribution in [1.29, 1.82) is 10.8 Å². The van der Waals surface area contributed by atoms with Crippen LogP contribution >= 0.6 is 19.8 Å². The van der Waals surface area contributed by atoms with Gasteiger partial charge in [-0.25, -0.2) is 0 Å². The first-order valence-electron chi connectivity index (χ1n) is 4.54. The van der Waals surface area contributed by atoms with Crippen LogP contribution in [-0.2, 0) is 14.3 Å². The van der Waals surface area contributed by atoms with Crippen molar-refractivity contribution in [2.24, 2.45) is 0 Å². The molecule has 94 valence electrons. The molecule has 0 spiro atoms. The predicted octanol–water partition coefficient (Wildman–Crippen LogP) is 0.486. The standard InChI is InChI=1S/C9H18IN3O3/c1-13-9(14)6-10(4-7(11)15-2)5-8(12)16-3/h11-12H,4-6H2,1-3H3,(H,13,14). The van der Waals surface area contributed by atoms with Crippen LogP contribution in [0, 0.1) is 10.8 Å². The number of nitrogens with one attached hydrogen (secondary N) is 3. The normalized spacial score (nSPS) is 10.3. The first kappa shape index (κ1) is 15.1. The maximum absolute atomic E-state index is 11.3. The molecular weight excluding hydrogens is 325 g/mol. The minimum absolute atomic E-state index is 0.0435. The maximum atomic E-state index is 11.3. The number of amides is 1. The molecule has 0 aromatic carbocycles. The van der Waals surface area contributed by atoms with Gasteiger partial charge >= 0.3 is 102 Å². The number of alkyl halides is 3. The van der Waals surface area contributed by atoms with E-state index < -0.39 is 19.8 Å². The van der Waals surface area contributed by atoms with Gasteiger partial charge in [0, 0.05) is 0 Å². The first-order chi connectivity index (χ1) is 7.53. The van der Waals surface area contributed by atoms with Crippen LogP contribution in [0.3, 0.4) is 0 Å². The zero-order valence-corrected chi connectivity index (χ0v) is 11.9. The third kappa shape index (κ3) is 6.59. The van der Waals surface area contributed by atoms with Crippen molar-refractivity contribution in [1.82, 2.24) is 5.32 Å². The first-order valence-corrected chi connectivity index (χ1v) is 9.12. The Balaban J connectivity index is 4.31. The van der Waals surface area contributed by atoms with Crippen molar-refractivity contribution in [2.75, 3.05) is 34.5 Å². The van der Waals surface area contributed by atoms with E-state index in [9.17, 15) is 4.79 Å². The third-order valence-corrected chi connectivity index (χ3v) is 7.02. The van der Waals surface area contributed by atoms with E-state index in [-0.39, 0.29) is 17.7 Å². The van der Waals surface area contributed by atoms with Crippen LogP contribution in [0.2, 0.25) is 0 Å². The van der Waals surface area contributed by atoms with Crippen LogP contribution in [0.15, 0.2) is 0 Å². The number of hydrogen-bond acceptors (Lipinski definition) is 5. The van der Waals surface area contributed by atoms with E-state index in [4.69, 9.17) is 20.3 Å². The molecule has 3 N–H and O–H groups in total. The number of methoxy groups -OCH3 is 2. The van der Waals surface area contributed by atoms with Crippen molar-refractivity contribution in [3.63, 3.8) is 0 Å². The third-order valence-electron chi connectivity index (χ3n) is 1.70. The van der Waals surface area contributed by atoms with Crippen LogP contribution in [0.4, 0.5) is 0 Å². The van der Waals surface area contributed by atoms with Gasteiger partial charge in [-0.3, -0.25) is 0 Å². The second kappa shape index (κ2) is 8.31. The van der Waals surface area contributed by atoms with E-state index >= 15 is 0 Å². The van der Waals surface area contributed by atoms with Gasteiger partial charge in [0.15, 0.2) is 0 Å². The summed E-state index contributed by atoms with van der Waals surface area (Å²) >= 11 is -1.75. The van der Waals surface area contributed by atoms with E-state index in [1.54, 1.807) is 7.05 Å². The Hall–Kier alpha value is -0.860. The molecule has 0 radical (unpaired) electrons. The monoisotopic (exact) mass is 343 g/mol. The SMILES string of the molecule is CNC(=O)CI(CC(=N)OC)CC(=N)OC. The Morgan fingerprint density at radius 1 is 1.12 bits per heavy atom. The van der Waals surface area contributed by atoms with Crippen molar-refractivity contribution in [2.45, 2.75) is 0 Å². The summed E-state index contributed by atoms with van der Waals surface area (Å²) in [4.78, 5) is 11.3. The molecule has 0 aliphatic rings. The fraction of sp³-hybridized carbons (Fsp3) is 0.667. The fourth-order valence-electron chi connectivity index (χ4n) is 0.833. The van der Waals surface area contributed by atoms with Crippen molar-refractivity contribution >= 4 is 37.5 Å². The molecule has 0 aromatic rings. The van der Waals surface area contributed by atoms with Gasteiger partial charge in [-0.15, -0.1) is 0 Å². The minimum atomic E-state index is -1.75. The van der Waals surface area contributed by atoms with Gasteiger partial charge < -0.3 is 0 Å². The molecule has 0 rings (SSSR count). The zero-order valence-electron chi connectivity index (χ0n) is 9.72. The van der Waals surface area contributed by atoms with Gasteiger partial charge in [0.2, 0.25) is 0 Å². The van der Waals surface area contributed by atoms with E-state index in [1.165, 1.54) is 14.2 Å². The molecule has 1 amide bonds. The molecular formula is C9H18IN3O3. The summed E-state index contributed by atoms with van der Waals surface area (Å²) in [6.07, 6.45) is 0. The summed E-state index contributed by atoms with van der Waals surface area (Å²) in [6, 6.07) is 0. The van der Waals surface area contributed by atoms with E-state index in [2.05, 4.69) is 5.32 Å². The molecule has 16 heavy (non-hydrogen) atoms. The summed E-state index contributed by atoms with van der Waals surface area (Å²) in [6.45, 7) is 0. The molecule has 0 aliphatic heterocycles. The van der Waals surface area contributed by atoms with Crippen LogP contribution < -0.4 is 5.32 Å². The number of carbonyl (C=O) groups is 1. The molecule has 6 nitrogen and oxygen atoms in total. The number of carbonyl (C=O) groups excluding carboxylic acids is 1. The number of hydrogen-bond donors (Lipinski definition) is 3. The summed E-state index contributed by atoms with van der Waals surface area (Å²) in [7, 11) is 4.47. The van der Waals surface area contributed by atoms with Gasteiger partial charge in [-0.2, -0.15) is 0 Å².